The molecule has 0 bridgehead atoms. The Kier molecular flexibility index (Phi) is 13.6. The number of rotatable bonds is 13. The van der Waals surface area contributed by atoms with E-state index in [9.17, 15) is 8.76 Å². The lowest BCUT2D eigenvalue weighted by Crippen LogP contribution is -2.32. The lowest BCUT2D eigenvalue weighted by molar-refractivity contribution is 0.478. The summed E-state index contributed by atoms with van der Waals surface area (Å²) >= 11 is -1.98. The highest BCUT2D eigenvalue weighted by molar-refractivity contribution is 7.79. The van der Waals surface area contributed by atoms with Crippen molar-refractivity contribution in [3.8, 4) is 0 Å². The largest absolute Gasteiger partial charge is 0.771 e. The molecule has 0 aromatic heterocycles. The van der Waals surface area contributed by atoms with Gasteiger partial charge < -0.3 is 9.87 Å². The van der Waals surface area contributed by atoms with E-state index in [-0.39, 0.29) is 5.37 Å². The van der Waals surface area contributed by atoms with Crippen LogP contribution in [0.15, 0.2) is 0 Å². The van der Waals surface area contributed by atoms with Gasteiger partial charge in [0.2, 0.25) is 0 Å². The quantitative estimate of drug-likeness (QED) is 0.412. The molecule has 0 aliphatic rings. The molecule has 2 unspecified atom stereocenters. The van der Waals surface area contributed by atoms with Crippen LogP contribution in [0.25, 0.3) is 0 Å². The van der Waals surface area contributed by atoms with Crippen molar-refractivity contribution in [2.45, 2.75) is 83.4 Å². The summed E-state index contributed by atoms with van der Waals surface area (Å²) in [7, 11) is 0. The molecule has 0 spiro atoms. The Morgan fingerprint density at radius 1 is 0.944 bits per heavy atom. The molecule has 0 fully saturated rings. The monoisotopic (exact) mass is 276 g/mol. The first-order valence-corrected chi connectivity index (χ1v) is 8.67. The van der Waals surface area contributed by atoms with Gasteiger partial charge in [-0.05, 0) is 24.0 Å². The standard InChI is InChI=1S/C14H31NO2S/c1-3-5-6-7-8-9-10-11-12-13-14(15-4-2)18(16)17/h14-15H,3-13H2,1-2H3,(H,16,17)/p-1. The van der Waals surface area contributed by atoms with Crippen LogP contribution in [0.2, 0.25) is 0 Å². The number of hydrogen-bond donors (Lipinski definition) is 1. The molecule has 4 heteroatoms. The van der Waals surface area contributed by atoms with E-state index in [1.54, 1.807) is 0 Å². The highest BCUT2D eigenvalue weighted by Gasteiger charge is 2.06. The normalized spacial score (nSPS) is 14.6. The fourth-order valence-corrected chi connectivity index (χ4v) is 2.80. The molecule has 1 N–H and O–H groups in total. The molecule has 0 aliphatic heterocycles. The van der Waals surface area contributed by atoms with Crippen LogP contribution in [-0.2, 0) is 11.1 Å². The Morgan fingerprint density at radius 2 is 1.44 bits per heavy atom. The van der Waals surface area contributed by atoms with Crippen molar-refractivity contribution in [3.63, 3.8) is 0 Å². The van der Waals surface area contributed by atoms with Crippen LogP contribution in [0.4, 0.5) is 0 Å². The summed E-state index contributed by atoms with van der Waals surface area (Å²) < 4.78 is 21.8. The van der Waals surface area contributed by atoms with E-state index in [1.165, 1.54) is 44.9 Å². The Bertz CT molecular complexity index is 200. The van der Waals surface area contributed by atoms with Gasteiger partial charge in [-0.25, -0.2) is 0 Å². The first-order chi connectivity index (χ1) is 8.72. The molecule has 3 nitrogen and oxygen atoms in total. The summed E-state index contributed by atoms with van der Waals surface area (Å²) in [6.07, 6.45) is 12.2. The van der Waals surface area contributed by atoms with Gasteiger partial charge in [-0.3, -0.25) is 4.21 Å². The second-order valence-corrected chi connectivity index (χ2v) is 6.01. The zero-order valence-corrected chi connectivity index (χ0v) is 12.9. The van der Waals surface area contributed by atoms with E-state index in [0.717, 1.165) is 25.8 Å². The summed E-state index contributed by atoms with van der Waals surface area (Å²) in [6, 6.07) is 0. The number of hydrogen-bond acceptors (Lipinski definition) is 3. The third-order valence-electron chi connectivity index (χ3n) is 3.23. The molecule has 0 aromatic rings. The molecular formula is C14H30NO2S-. The molecule has 0 saturated heterocycles. The fraction of sp³-hybridized carbons (Fsp3) is 1.00. The highest BCUT2D eigenvalue weighted by atomic mass is 32.2. The van der Waals surface area contributed by atoms with E-state index in [2.05, 4.69) is 12.2 Å². The van der Waals surface area contributed by atoms with Crippen molar-refractivity contribution in [2.75, 3.05) is 6.54 Å². The fourth-order valence-electron chi connectivity index (χ4n) is 2.13. The Morgan fingerprint density at radius 3 is 1.89 bits per heavy atom. The third kappa shape index (κ3) is 11.2. The average molecular weight is 276 g/mol. The molecule has 2 atom stereocenters. The van der Waals surface area contributed by atoms with Gasteiger partial charge in [-0.1, -0.05) is 71.6 Å². The van der Waals surface area contributed by atoms with Crippen molar-refractivity contribution in [3.05, 3.63) is 0 Å². The third-order valence-corrected chi connectivity index (χ3v) is 4.10. The SMILES string of the molecule is CCCCCCCCCCCC(NCC)S(=O)[O-]. The lowest BCUT2D eigenvalue weighted by Gasteiger charge is -2.20. The summed E-state index contributed by atoms with van der Waals surface area (Å²) in [5, 5.41) is 2.65. The van der Waals surface area contributed by atoms with Gasteiger partial charge in [0.05, 0.1) is 5.37 Å². The first-order valence-electron chi connectivity index (χ1n) is 7.53. The van der Waals surface area contributed by atoms with Gasteiger partial charge >= 0.3 is 0 Å². The maximum Gasteiger partial charge on any atom is 0.0701 e. The van der Waals surface area contributed by atoms with Gasteiger partial charge in [0.1, 0.15) is 0 Å². The second kappa shape index (κ2) is 13.5. The van der Waals surface area contributed by atoms with Crippen molar-refractivity contribution in [1.82, 2.24) is 5.32 Å². The Balaban J connectivity index is 3.30. The van der Waals surface area contributed by atoms with Gasteiger partial charge in [0, 0.05) is 0 Å². The predicted octanol–water partition coefficient (Wildman–Crippen LogP) is 3.72. The molecule has 0 aromatic carbocycles. The van der Waals surface area contributed by atoms with Gasteiger partial charge in [-0.15, -0.1) is 0 Å². The van der Waals surface area contributed by atoms with Crippen LogP contribution < -0.4 is 5.32 Å². The van der Waals surface area contributed by atoms with Crippen LogP contribution in [0.1, 0.15) is 78.1 Å². The van der Waals surface area contributed by atoms with Crippen LogP contribution in [0.5, 0.6) is 0 Å². The van der Waals surface area contributed by atoms with Crippen molar-refractivity contribution < 1.29 is 8.76 Å². The Hall–Kier alpha value is 0.0700. The zero-order chi connectivity index (χ0) is 13.6. The number of unbranched alkanes of at least 4 members (excludes halogenated alkanes) is 8. The average Bonchev–Trinajstić information content (AvgIpc) is 2.35. The molecule has 110 valence electrons. The second-order valence-electron chi connectivity index (χ2n) is 4.92. The summed E-state index contributed by atoms with van der Waals surface area (Å²) in [5.41, 5.74) is 0. The lowest BCUT2D eigenvalue weighted by atomic mass is 10.1. The van der Waals surface area contributed by atoms with E-state index in [4.69, 9.17) is 0 Å². The maximum atomic E-state index is 10.9. The van der Waals surface area contributed by atoms with Crippen LogP contribution in [0, 0.1) is 0 Å². The minimum atomic E-state index is -1.98. The molecule has 0 radical (unpaired) electrons. The van der Waals surface area contributed by atoms with Gasteiger partial charge in [-0.2, -0.15) is 0 Å². The maximum absolute atomic E-state index is 10.9. The van der Waals surface area contributed by atoms with E-state index in [1.807, 2.05) is 6.92 Å². The van der Waals surface area contributed by atoms with Gasteiger partial charge in [0.25, 0.3) is 0 Å². The molecule has 0 saturated carbocycles. The number of nitrogens with one attached hydrogen (secondary N) is 1. The highest BCUT2D eigenvalue weighted by Crippen LogP contribution is 2.11. The van der Waals surface area contributed by atoms with Crippen molar-refractivity contribution in [1.29, 1.82) is 0 Å². The van der Waals surface area contributed by atoms with E-state index >= 15 is 0 Å². The van der Waals surface area contributed by atoms with Crippen molar-refractivity contribution >= 4 is 11.1 Å². The molecular weight excluding hydrogens is 246 g/mol. The molecule has 0 heterocycles. The molecule has 0 amide bonds. The molecule has 18 heavy (non-hydrogen) atoms. The van der Waals surface area contributed by atoms with E-state index < -0.39 is 11.1 Å². The smallest absolute Gasteiger partial charge is 0.0701 e. The topological polar surface area (TPSA) is 52.2 Å². The summed E-state index contributed by atoms with van der Waals surface area (Å²) in [6.45, 7) is 4.90. The first kappa shape index (κ1) is 18.1. The molecule has 0 aliphatic carbocycles. The van der Waals surface area contributed by atoms with Crippen molar-refractivity contribution in [2.24, 2.45) is 0 Å². The minimum Gasteiger partial charge on any atom is -0.771 e. The minimum absolute atomic E-state index is 0.348. The van der Waals surface area contributed by atoms with Crippen LogP contribution in [0.3, 0.4) is 0 Å². The van der Waals surface area contributed by atoms with E-state index in [0.29, 0.717) is 0 Å². The Labute approximate surface area is 115 Å². The predicted molar refractivity (Wildman–Crippen MR) is 78.2 cm³/mol. The summed E-state index contributed by atoms with van der Waals surface area (Å²) in [5.74, 6) is 0. The zero-order valence-electron chi connectivity index (χ0n) is 12.1. The van der Waals surface area contributed by atoms with Crippen LogP contribution in [-0.4, -0.2) is 20.7 Å². The molecule has 0 rings (SSSR count). The van der Waals surface area contributed by atoms with Crippen LogP contribution >= 0.6 is 0 Å². The summed E-state index contributed by atoms with van der Waals surface area (Å²) in [4.78, 5) is 0. The van der Waals surface area contributed by atoms with Gasteiger partial charge in [0.15, 0.2) is 0 Å².